The maximum absolute atomic E-state index is 14.3. The molecule has 1 aliphatic rings. The highest BCUT2D eigenvalue weighted by molar-refractivity contribution is 7.99. The minimum atomic E-state index is -0.862. The maximum Gasteiger partial charge on any atom is 0.330 e. The van der Waals surface area contributed by atoms with Crippen molar-refractivity contribution in [3.63, 3.8) is 0 Å². The predicted octanol–water partition coefficient (Wildman–Crippen LogP) is 2.58. The number of carbonyl (C=O) groups excluding carboxylic acids is 1. The molecule has 3 N–H and O–H groups in total. The first-order valence-electron chi connectivity index (χ1n) is 10.8. The zero-order valence-corrected chi connectivity index (χ0v) is 19.4. The molecular formula is C24H20FN5O4S. The minimum absolute atomic E-state index is 0.137. The molecule has 1 saturated carbocycles. The Balaban J connectivity index is 1.57. The van der Waals surface area contributed by atoms with Crippen molar-refractivity contribution in [3.05, 3.63) is 90.6 Å². The smallest absolute Gasteiger partial charge is 0.330 e. The number of aryl methyl sites for hydroxylation is 1. The Morgan fingerprint density at radius 1 is 1.20 bits per heavy atom. The number of hydrogen-bond acceptors (Lipinski definition) is 7. The van der Waals surface area contributed by atoms with E-state index >= 15 is 0 Å². The van der Waals surface area contributed by atoms with Crippen LogP contribution >= 0.6 is 11.8 Å². The number of H-pyrrole nitrogens is 1. The van der Waals surface area contributed by atoms with Crippen LogP contribution in [-0.2, 0) is 0 Å². The van der Waals surface area contributed by atoms with Gasteiger partial charge in [-0.15, -0.1) is 0 Å². The third kappa shape index (κ3) is 4.08. The average Bonchev–Trinajstić information content (AvgIpc) is 3.64. The van der Waals surface area contributed by atoms with Gasteiger partial charge in [0.2, 0.25) is 0 Å². The number of anilines is 1. The number of thioether (sulfide) groups is 1. The fourth-order valence-electron chi connectivity index (χ4n) is 3.89. The largest absolute Gasteiger partial charge is 0.384 e. The summed E-state index contributed by atoms with van der Waals surface area (Å²) in [6.45, 7) is 1.61. The molecule has 0 aliphatic heterocycles. The molecule has 0 bridgehead atoms. The van der Waals surface area contributed by atoms with Gasteiger partial charge in [0.15, 0.2) is 10.9 Å². The second kappa shape index (κ2) is 8.66. The van der Waals surface area contributed by atoms with E-state index in [2.05, 4.69) is 9.97 Å². The fourth-order valence-corrected chi connectivity index (χ4v) is 4.78. The van der Waals surface area contributed by atoms with Crippen LogP contribution in [0.5, 0.6) is 0 Å². The molecule has 9 nitrogen and oxygen atoms in total. The number of fused-ring (bicyclic) bond motifs is 1. The van der Waals surface area contributed by atoms with E-state index in [0.717, 1.165) is 24.6 Å². The average molecular weight is 494 g/mol. The molecule has 0 radical (unpaired) electrons. The Morgan fingerprint density at radius 3 is 2.66 bits per heavy atom. The van der Waals surface area contributed by atoms with Crippen LogP contribution in [0.3, 0.4) is 0 Å². The highest BCUT2D eigenvalue weighted by Gasteiger charge is 2.30. The zero-order chi connectivity index (χ0) is 24.9. The van der Waals surface area contributed by atoms with Crippen molar-refractivity contribution >= 4 is 34.3 Å². The summed E-state index contributed by atoms with van der Waals surface area (Å²) in [4.78, 5) is 57.6. The van der Waals surface area contributed by atoms with Crippen molar-refractivity contribution in [1.29, 1.82) is 0 Å². The minimum Gasteiger partial charge on any atom is -0.384 e. The standard InChI is InChI=1S/C24H20FN5O4S/c1-12-6-7-14(10-16(12)25)30-22(33)15-4-2-3-5-17(15)27-24(30)35-11-18(31)19-20(26)29(13-8-9-13)23(34)28-21(19)32/h2-7,10,13H,8-9,11,26H2,1H3,(H,28,32,34). The molecule has 0 unspecified atom stereocenters. The van der Waals surface area contributed by atoms with Crippen molar-refractivity contribution in [1.82, 2.24) is 19.1 Å². The van der Waals surface area contributed by atoms with Gasteiger partial charge >= 0.3 is 5.69 Å². The van der Waals surface area contributed by atoms with E-state index in [4.69, 9.17) is 5.73 Å². The lowest BCUT2D eigenvalue weighted by molar-refractivity contribution is 0.102. The lowest BCUT2D eigenvalue weighted by Gasteiger charge is -2.14. The first-order valence-corrected chi connectivity index (χ1v) is 11.8. The molecule has 4 aromatic rings. The van der Waals surface area contributed by atoms with Crippen LogP contribution in [0.15, 0.2) is 62.0 Å². The number of halogens is 1. The topological polar surface area (TPSA) is 133 Å². The Labute approximate surface area is 201 Å². The predicted molar refractivity (Wildman–Crippen MR) is 131 cm³/mol. The summed E-state index contributed by atoms with van der Waals surface area (Å²) in [6, 6.07) is 10.9. The Kier molecular flexibility index (Phi) is 5.64. The van der Waals surface area contributed by atoms with E-state index in [9.17, 15) is 23.6 Å². The van der Waals surface area contributed by atoms with Crippen LogP contribution in [0.1, 0.15) is 34.8 Å². The van der Waals surface area contributed by atoms with Crippen LogP contribution < -0.4 is 22.5 Å². The van der Waals surface area contributed by atoms with Gasteiger partial charge in [-0.1, -0.05) is 30.0 Å². The molecule has 35 heavy (non-hydrogen) atoms. The third-order valence-corrected chi connectivity index (χ3v) is 6.80. The molecule has 0 amide bonds. The van der Waals surface area contributed by atoms with Crippen molar-refractivity contribution in [2.24, 2.45) is 0 Å². The number of nitrogens with zero attached hydrogens (tertiary/aromatic N) is 3. The number of nitrogen functional groups attached to an aromatic ring is 1. The third-order valence-electron chi connectivity index (χ3n) is 5.86. The number of aromatic amines is 1. The number of hydrogen-bond donors (Lipinski definition) is 2. The van der Waals surface area contributed by atoms with Gasteiger partial charge in [0.05, 0.1) is 22.3 Å². The van der Waals surface area contributed by atoms with Gasteiger partial charge in [-0.25, -0.2) is 14.2 Å². The highest BCUT2D eigenvalue weighted by atomic mass is 32.2. The summed E-state index contributed by atoms with van der Waals surface area (Å²) in [7, 11) is 0. The van der Waals surface area contributed by atoms with Gasteiger partial charge in [0, 0.05) is 6.04 Å². The highest BCUT2D eigenvalue weighted by Crippen LogP contribution is 2.35. The number of Topliss-reactive ketones (excluding diaryl/α,β-unsaturated/α-hetero) is 1. The van der Waals surface area contributed by atoms with E-state index in [1.165, 1.54) is 15.2 Å². The van der Waals surface area contributed by atoms with Gasteiger partial charge in [-0.05, 0) is 49.6 Å². The fraction of sp³-hybridized carbons (Fsp3) is 0.208. The van der Waals surface area contributed by atoms with Crippen molar-refractivity contribution in [2.75, 3.05) is 11.5 Å². The molecule has 1 aliphatic carbocycles. The molecule has 1 fully saturated rings. The molecule has 2 aromatic heterocycles. The molecular weight excluding hydrogens is 473 g/mol. The summed E-state index contributed by atoms with van der Waals surface area (Å²) >= 11 is 0.920. The van der Waals surface area contributed by atoms with Crippen LogP contribution in [0.4, 0.5) is 10.2 Å². The lowest BCUT2D eigenvalue weighted by atomic mass is 10.2. The number of ketones is 1. The maximum atomic E-state index is 14.3. The number of benzene rings is 2. The molecule has 2 aromatic carbocycles. The Hall–Kier alpha value is -3.99. The SMILES string of the molecule is Cc1ccc(-n2c(SCC(=O)c3c(N)n(C4CC4)c(=O)[nH]c3=O)nc3ccccc3c2=O)cc1F. The van der Waals surface area contributed by atoms with Crippen LogP contribution in [0.25, 0.3) is 16.6 Å². The van der Waals surface area contributed by atoms with Crippen LogP contribution in [0, 0.1) is 12.7 Å². The molecule has 178 valence electrons. The van der Waals surface area contributed by atoms with Gasteiger partial charge in [-0.3, -0.25) is 28.5 Å². The van der Waals surface area contributed by atoms with E-state index in [-0.39, 0.29) is 34.0 Å². The lowest BCUT2D eigenvalue weighted by Crippen LogP contribution is -2.36. The van der Waals surface area contributed by atoms with E-state index in [1.54, 1.807) is 43.3 Å². The van der Waals surface area contributed by atoms with Crippen molar-refractivity contribution < 1.29 is 9.18 Å². The van der Waals surface area contributed by atoms with E-state index in [1.807, 2.05) is 0 Å². The first-order chi connectivity index (χ1) is 16.8. The first kappa shape index (κ1) is 22.8. The zero-order valence-electron chi connectivity index (χ0n) is 18.6. The van der Waals surface area contributed by atoms with E-state index in [0.29, 0.717) is 16.5 Å². The second-order valence-electron chi connectivity index (χ2n) is 8.32. The molecule has 11 heteroatoms. The summed E-state index contributed by atoms with van der Waals surface area (Å²) in [5.74, 6) is -1.56. The van der Waals surface area contributed by atoms with Gasteiger partial charge < -0.3 is 5.73 Å². The second-order valence-corrected chi connectivity index (χ2v) is 9.26. The van der Waals surface area contributed by atoms with Crippen LogP contribution in [0.2, 0.25) is 0 Å². The molecule has 0 atom stereocenters. The van der Waals surface area contributed by atoms with E-state index < -0.39 is 28.4 Å². The number of para-hydroxylation sites is 1. The number of rotatable bonds is 6. The van der Waals surface area contributed by atoms with Crippen molar-refractivity contribution in [3.8, 4) is 5.69 Å². The monoisotopic (exact) mass is 493 g/mol. The molecule has 0 spiro atoms. The number of carbonyl (C=O) groups is 1. The normalized spacial score (nSPS) is 13.3. The summed E-state index contributed by atoms with van der Waals surface area (Å²) in [5, 5.41) is 0.483. The van der Waals surface area contributed by atoms with Gasteiger partial charge in [0.1, 0.15) is 17.2 Å². The Bertz CT molecular complexity index is 1690. The quantitative estimate of drug-likeness (QED) is 0.240. The van der Waals surface area contributed by atoms with Crippen LogP contribution in [-0.4, -0.2) is 30.6 Å². The number of aromatic nitrogens is 4. The molecule has 2 heterocycles. The summed E-state index contributed by atoms with van der Waals surface area (Å²) in [5.41, 5.74) is 4.89. The van der Waals surface area contributed by atoms with Gasteiger partial charge in [0.25, 0.3) is 11.1 Å². The molecule has 0 saturated heterocycles. The van der Waals surface area contributed by atoms with Crippen molar-refractivity contribution in [2.45, 2.75) is 31.0 Å². The summed E-state index contributed by atoms with van der Waals surface area (Å²) in [6.07, 6.45) is 1.47. The Morgan fingerprint density at radius 2 is 1.94 bits per heavy atom. The number of nitrogens with two attached hydrogens (primary N) is 1. The molecule has 5 rings (SSSR count). The summed E-state index contributed by atoms with van der Waals surface area (Å²) < 4.78 is 16.8. The van der Waals surface area contributed by atoms with Gasteiger partial charge in [-0.2, -0.15) is 0 Å². The number of nitrogens with one attached hydrogen (secondary N) is 1.